The molecule has 0 saturated carbocycles. The molecule has 0 aromatic heterocycles. The first-order chi connectivity index (χ1) is 11.7. The Labute approximate surface area is 144 Å². The number of hydrogen-bond donors (Lipinski definition) is 1. The largest absolute Gasteiger partial charge is 0.485 e. The van der Waals surface area contributed by atoms with Crippen molar-refractivity contribution in [2.75, 3.05) is 6.61 Å². The lowest BCUT2D eigenvalue weighted by Gasteiger charge is -2.24. The molecule has 0 bridgehead atoms. The van der Waals surface area contributed by atoms with E-state index in [1.807, 2.05) is 42.5 Å². The molecule has 1 amide bonds. The lowest BCUT2D eigenvalue weighted by molar-refractivity contribution is -0.130. The maximum absolute atomic E-state index is 12.1. The molecule has 0 saturated heterocycles. The van der Waals surface area contributed by atoms with Gasteiger partial charge in [-0.25, -0.2) is 5.43 Å². The minimum Gasteiger partial charge on any atom is -0.485 e. The molecule has 0 aliphatic carbocycles. The summed E-state index contributed by atoms with van der Waals surface area (Å²) in [5.74, 6) is 0.763. The second-order valence-corrected chi connectivity index (χ2v) is 5.47. The van der Waals surface area contributed by atoms with Gasteiger partial charge in [-0.05, 0) is 23.8 Å². The predicted octanol–water partition coefficient (Wildman–Crippen LogP) is 3.21. The number of allylic oxidation sites excluding steroid dienone is 1. The normalized spacial score (nSPS) is 16.9. The second kappa shape index (κ2) is 7.66. The van der Waals surface area contributed by atoms with Crippen LogP contribution in [0.1, 0.15) is 5.56 Å². The van der Waals surface area contributed by atoms with Crippen LogP contribution in [-0.2, 0) is 4.79 Å². The van der Waals surface area contributed by atoms with Crippen molar-refractivity contribution in [3.05, 3.63) is 65.2 Å². The molecule has 5 nitrogen and oxygen atoms in total. The van der Waals surface area contributed by atoms with E-state index in [0.717, 1.165) is 5.56 Å². The Hall–Kier alpha value is -2.79. The number of nitrogens with zero attached hydrogens (tertiary/aromatic N) is 1. The molecule has 0 fully saturated rings. The van der Waals surface area contributed by atoms with Crippen molar-refractivity contribution < 1.29 is 14.3 Å². The summed E-state index contributed by atoms with van der Waals surface area (Å²) in [5.41, 5.74) is 3.35. The summed E-state index contributed by atoms with van der Waals surface area (Å²) in [7, 11) is 0. The highest BCUT2D eigenvalue weighted by atomic mass is 35.5. The highest BCUT2D eigenvalue weighted by molar-refractivity contribution is 6.41. The number of para-hydroxylation sites is 2. The van der Waals surface area contributed by atoms with Gasteiger partial charge in [-0.2, -0.15) is 5.10 Å². The van der Waals surface area contributed by atoms with Gasteiger partial charge in [0.05, 0.1) is 11.2 Å². The molecule has 2 aromatic carbocycles. The molecular weight excluding hydrogens is 328 g/mol. The van der Waals surface area contributed by atoms with Crippen molar-refractivity contribution in [1.29, 1.82) is 0 Å². The molecule has 2 aromatic rings. The lowest BCUT2D eigenvalue weighted by Crippen LogP contribution is -2.42. The van der Waals surface area contributed by atoms with E-state index in [9.17, 15) is 4.79 Å². The Morgan fingerprint density at radius 1 is 1.12 bits per heavy atom. The quantitative estimate of drug-likeness (QED) is 0.685. The minimum absolute atomic E-state index is 0.131. The molecule has 1 aliphatic heterocycles. The smallest absolute Gasteiger partial charge is 0.284 e. The van der Waals surface area contributed by atoms with E-state index in [4.69, 9.17) is 21.1 Å². The third kappa shape index (κ3) is 4.14. The topological polar surface area (TPSA) is 59.9 Å². The standard InChI is InChI=1S/C18H15ClN2O3/c19-14(10-13-6-2-1-3-7-13)11-20-21-18(22)17-12-23-15-8-4-5-9-16(15)24-17/h1-11,17H,12H2,(H,21,22)/b14-10-,20-11+. The van der Waals surface area contributed by atoms with E-state index < -0.39 is 12.0 Å². The molecule has 0 radical (unpaired) electrons. The number of ether oxygens (including phenoxy) is 2. The number of carbonyl (C=O) groups is 1. The fourth-order valence-electron chi connectivity index (χ4n) is 2.12. The first-order valence-corrected chi connectivity index (χ1v) is 7.74. The fourth-order valence-corrected chi connectivity index (χ4v) is 2.30. The number of fused-ring (bicyclic) bond motifs is 1. The van der Waals surface area contributed by atoms with Gasteiger partial charge in [0.1, 0.15) is 6.61 Å². The average Bonchev–Trinajstić information content (AvgIpc) is 2.62. The summed E-state index contributed by atoms with van der Waals surface area (Å²) in [4.78, 5) is 12.1. The molecule has 122 valence electrons. The molecule has 1 heterocycles. The van der Waals surface area contributed by atoms with E-state index in [1.54, 1.807) is 18.2 Å². The molecule has 1 aliphatic rings. The zero-order chi connectivity index (χ0) is 16.8. The Balaban J connectivity index is 1.55. The van der Waals surface area contributed by atoms with E-state index in [2.05, 4.69) is 10.5 Å². The monoisotopic (exact) mass is 342 g/mol. The van der Waals surface area contributed by atoms with Crippen molar-refractivity contribution in [1.82, 2.24) is 5.43 Å². The van der Waals surface area contributed by atoms with Gasteiger partial charge in [-0.3, -0.25) is 4.79 Å². The first kappa shape index (κ1) is 16.1. The van der Waals surface area contributed by atoms with E-state index in [-0.39, 0.29) is 6.61 Å². The number of nitrogens with one attached hydrogen (secondary N) is 1. The van der Waals surface area contributed by atoms with E-state index in [0.29, 0.717) is 16.5 Å². The molecule has 0 spiro atoms. The van der Waals surface area contributed by atoms with Gasteiger partial charge in [-0.1, -0.05) is 54.1 Å². The summed E-state index contributed by atoms with van der Waals surface area (Å²) < 4.78 is 11.1. The number of hydrogen-bond acceptors (Lipinski definition) is 4. The Morgan fingerprint density at radius 2 is 1.83 bits per heavy atom. The summed E-state index contributed by atoms with van der Waals surface area (Å²) in [5, 5.41) is 4.23. The number of amides is 1. The zero-order valence-corrected chi connectivity index (χ0v) is 13.4. The van der Waals surface area contributed by atoms with Crippen molar-refractivity contribution in [2.24, 2.45) is 5.10 Å². The number of carbonyl (C=O) groups excluding carboxylic acids is 1. The number of rotatable bonds is 4. The first-order valence-electron chi connectivity index (χ1n) is 7.36. The van der Waals surface area contributed by atoms with Crippen LogP contribution in [-0.4, -0.2) is 24.8 Å². The molecule has 1 unspecified atom stereocenters. The van der Waals surface area contributed by atoms with Crippen LogP contribution in [0.2, 0.25) is 0 Å². The summed E-state index contributed by atoms with van der Waals surface area (Å²) in [6, 6.07) is 16.8. The lowest BCUT2D eigenvalue weighted by atomic mass is 10.2. The van der Waals surface area contributed by atoms with Crippen molar-refractivity contribution >= 4 is 29.8 Å². The Kier molecular flexibility index (Phi) is 5.13. The van der Waals surface area contributed by atoms with E-state index in [1.165, 1.54) is 6.21 Å². The van der Waals surface area contributed by atoms with Crippen LogP contribution in [0.15, 0.2) is 64.7 Å². The van der Waals surface area contributed by atoms with Gasteiger partial charge in [0.15, 0.2) is 11.5 Å². The molecule has 1 N–H and O–H groups in total. The summed E-state index contributed by atoms with van der Waals surface area (Å²) in [6.07, 6.45) is 2.35. The van der Waals surface area contributed by atoms with Crippen LogP contribution < -0.4 is 14.9 Å². The van der Waals surface area contributed by atoms with Gasteiger partial charge in [0.2, 0.25) is 6.10 Å². The van der Waals surface area contributed by atoms with Crippen molar-refractivity contribution in [3.63, 3.8) is 0 Å². The Bertz CT molecular complexity index is 775. The number of halogens is 1. The highest BCUT2D eigenvalue weighted by Crippen LogP contribution is 2.30. The molecule has 1 atom stereocenters. The number of benzene rings is 2. The average molecular weight is 343 g/mol. The maximum atomic E-state index is 12.1. The SMILES string of the molecule is O=C(N/N=C/C(Cl)=C/c1ccccc1)C1COc2ccccc2O1. The van der Waals surface area contributed by atoms with Crippen molar-refractivity contribution in [3.8, 4) is 11.5 Å². The number of hydrazone groups is 1. The van der Waals surface area contributed by atoms with Crippen LogP contribution in [0.25, 0.3) is 6.08 Å². The van der Waals surface area contributed by atoms with Gasteiger partial charge in [0.25, 0.3) is 5.91 Å². The van der Waals surface area contributed by atoms with Gasteiger partial charge in [-0.15, -0.1) is 0 Å². The molecule has 3 rings (SSSR count). The summed E-state index contributed by atoms with van der Waals surface area (Å²) >= 11 is 6.06. The van der Waals surface area contributed by atoms with Crippen LogP contribution in [0.3, 0.4) is 0 Å². The van der Waals surface area contributed by atoms with E-state index >= 15 is 0 Å². The minimum atomic E-state index is -0.756. The van der Waals surface area contributed by atoms with Gasteiger partial charge in [0, 0.05) is 0 Å². The zero-order valence-electron chi connectivity index (χ0n) is 12.7. The molecular formula is C18H15ClN2O3. The van der Waals surface area contributed by atoms with Crippen molar-refractivity contribution in [2.45, 2.75) is 6.10 Å². The molecule has 6 heteroatoms. The molecule has 24 heavy (non-hydrogen) atoms. The Morgan fingerprint density at radius 3 is 2.62 bits per heavy atom. The van der Waals surface area contributed by atoms with Crippen LogP contribution in [0.4, 0.5) is 0 Å². The van der Waals surface area contributed by atoms with Gasteiger partial charge >= 0.3 is 0 Å². The van der Waals surface area contributed by atoms with Crippen LogP contribution in [0, 0.1) is 0 Å². The third-order valence-corrected chi connectivity index (χ3v) is 3.47. The fraction of sp³-hybridized carbons (Fsp3) is 0.111. The van der Waals surface area contributed by atoms with Crippen LogP contribution >= 0.6 is 11.6 Å². The summed E-state index contributed by atoms with van der Waals surface area (Å²) in [6.45, 7) is 0.131. The van der Waals surface area contributed by atoms with Crippen LogP contribution in [0.5, 0.6) is 11.5 Å². The predicted molar refractivity (Wildman–Crippen MR) is 93.3 cm³/mol. The third-order valence-electron chi connectivity index (χ3n) is 3.27. The second-order valence-electron chi connectivity index (χ2n) is 5.04. The highest BCUT2D eigenvalue weighted by Gasteiger charge is 2.26. The maximum Gasteiger partial charge on any atom is 0.284 e. The van der Waals surface area contributed by atoms with Gasteiger partial charge < -0.3 is 9.47 Å².